The fourth-order valence-electron chi connectivity index (χ4n) is 4.06. The van der Waals surface area contributed by atoms with E-state index in [1.807, 2.05) is 30.3 Å². The van der Waals surface area contributed by atoms with Gasteiger partial charge in [-0.05, 0) is 94.8 Å². The molecule has 36 heavy (non-hydrogen) atoms. The van der Waals surface area contributed by atoms with Crippen LogP contribution in [0.1, 0.15) is 32.6 Å². The lowest BCUT2D eigenvalue weighted by molar-refractivity contribution is -0.136. The van der Waals surface area contributed by atoms with E-state index in [9.17, 15) is 19.1 Å². The van der Waals surface area contributed by atoms with Crippen LogP contribution in [0.25, 0.3) is 11.1 Å². The molecule has 0 bridgehead atoms. The number of amides is 1. The third kappa shape index (κ3) is 6.40. The van der Waals surface area contributed by atoms with Gasteiger partial charge in [0, 0.05) is 30.2 Å². The van der Waals surface area contributed by atoms with Crippen LogP contribution in [0.15, 0.2) is 85.2 Å². The minimum Gasteiger partial charge on any atom is -0.481 e. The second-order valence-electron chi connectivity index (χ2n) is 8.51. The summed E-state index contributed by atoms with van der Waals surface area (Å²) in [5, 5.41) is 12.0. The van der Waals surface area contributed by atoms with E-state index in [-0.39, 0.29) is 18.9 Å². The summed E-state index contributed by atoms with van der Waals surface area (Å²) in [4.78, 5) is 28.6. The Morgan fingerprint density at radius 3 is 2.31 bits per heavy atom. The Labute approximate surface area is 208 Å². The highest BCUT2D eigenvalue weighted by Crippen LogP contribution is 2.27. The van der Waals surface area contributed by atoms with Gasteiger partial charge < -0.3 is 16.2 Å². The van der Waals surface area contributed by atoms with Crippen LogP contribution in [0.2, 0.25) is 0 Å². The molecule has 0 aliphatic heterocycles. The second-order valence-corrected chi connectivity index (χ2v) is 8.51. The van der Waals surface area contributed by atoms with Crippen LogP contribution in [0, 0.1) is 5.82 Å². The van der Waals surface area contributed by atoms with Crippen molar-refractivity contribution >= 4 is 17.6 Å². The van der Waals surface area contributed by atoms with Crippen LogP contribution in [0.4, 0.5) is 10.1 Å². The Bertz CT molecular complexity index is 1390. The molecule has 0 radical (unpaired) electrons. The van der Waals surface area contributed by atoms with Gasteiger partial charge in [0.25, 0.3) is 5.91 Å². The topological polar surface area (TPSA) is 105 Å². The van der Waals surface area contributed by atoms with Crippen molar-refractivity contribution in [1.82, 2.24) is 4.98 Å². The number of nitrogens with two attached hydrogens (primary N) is 1. The highest BCUT2D eigenvalue weighted by Gasteiger charge is 2.14. The summed E-state index contributed by atoms with van der Waals surface area (Å²) < 4.78 is 14.3. The summed E-state index contributed by atoms with van der Waals surface area (Å²) in [6.45, 7) is 0.195. The zero-order valence-corrected chi connectivity index (χ0v) is 19.6. The van der Waals surface area contributed by atoms with Crippen LogP contribution < -0.4 is 11.1 Å². The molecule has 0 atom stereocenters. The summed E-state index contributed by atoms with van der Waals surface area (Å²) >= 11 is 0. The minimum atomic E-state index is -0.987. The first kappa shape index (κ1) is 24.8. The first-order valence-electron chi connectivity index (χ1n) is 11.5. The maximum absolute atomic E-state index is 14.3. The van der Waals surface area contributed by atoms with E-state index >= 15 is 0 Å². The Balaban J connectivity index is 1.69. The molecule has 4 rings (SSSR count). The lowest BCUT2D eigenvalue weighted by Crippen LogP contribution is -2.15. The smallest absolute Gasteiger partial charge is 0.307 e. The first-order chi connectivity index (χ1) is 17.4. The molecule has 4 N–H and O–H groups in total. The number of rotatable bonds is 9. The number of aromatic nitrogens is 1. The number of nitrogens with one attached hydrogen (secondary N) is 1. The molecule has 1 amide bonds. The van der Waals surface area contributed by atoms with Crippen LogP contribution in [-0.2, 0) is 30.6 Å². The number of aryl methyl sites for hydroxylation is 2. The average Bonchev–Trinajstić information content (AvgIpc) is 2.88. The Kier molecular flexibility index (Phi) is 7.82. The summed E-state index contributed by atoms with van der Waals surface area (Å²) in [6.07, 6.45) is 4.66. The Hall–Kier alpha value is -4.36. The number of para-hydroxylation sites is 1. The molecule has 0 saturated carbocycles. The summed E-state index contributed by atoms with van der Waals surface area (Å²) in [5.74, 6) is -1.77. The van der Waals surface area contributed by atoms with Crippen molar-refractivity contribution in [3.63, 3.8) is 0 Å². The zero-order valence-electron chi connectivity index (χ0n) is 19.6. The molecule has 0 aliphatic carbocycles. The predicted octanol–water partition coefficient (Wildman–Crippen LogP) is 5.01. The lowest BCUT2D eigenvalue weighted by Gasteiger charge is -2.13. The lowest BCUT2D eigenvalue weighted by atomic mass is 9.95. The third-order valence-electron chi connectivity index (χ3n) is 5.84. The first-order valence-corrected chi connectivity index (χ1v) is 11.5. The van der Waals surface area contributed by atoms with Gasteiger partial charge in [-0.3, -0.25) is 14.6 Å². The summed E-state index contributed by atoms with van der Waals surface area (Å²) in [7, 11) is 0. The van der Waals surface area contributed by atoms with Gasteiger partial charge in [-0.2, -0.15) is 0 Å². The monoisotopic (exact) mass is 483 g/mol. The van der Waals surface area contributed by atoms with Crippen molar-refractivity contribution in [2.45, 2.75) is 25.8 Å². The number of benzene rings is 3. The number of nitrogens with zero attached hydrogens (tertiary/aromatic N) is 1. The number of halogens is 1. The van der Waals surface area contributed by atoms with Crippen LogP contribution in [-0.4, -0.2) is 22.0 Å². The molecule has 182 valence electrons. The molecule has 0 unspecified atom stereocenters. The number of anilines is 1. The molecule has 4 aromatic rings. The van der Waals surface area contributed by atoms with E-state index < -0.39 is 11.8 Å². The number of hydrogen-bond donors (Lipinski definition) is 3. The number of carboxylic acids is 1. The number of carboxylic acid groups (broad SMARTS) is 1. The van der Waals surface area contributed by atoms with Crippen LogP contribution >= 0.6 is 0 Å². The molecular formula is C29H26FN3O3. The van der Waals surface area contributed by atoms with Gasteiger partial charge in [0.15, 0.2) is 0 Å². The number of carbonyl (C=O) groups is 2. The van der Waals surface area contributed by atoms with E-state index in [0.29, 0.717) is 39.9 Å². The van der Waals surface area contributed by atoms with E-state index in [2.05, 4.69) is 10.3 Å². The average molecular weight is 484 g/mol. The molecule has 1 aromatic heterocycles. The van der Waals surface area contributed by atoms with Crippen molar-refractivity contribution in [2.75, 3.05) is 5.32 Å². The van der Waals surface area contributed by atoms with Gasteiger partial charge in [-0.15, -0.1) is 0 Å². The van der Waals surface area contributed by atoms with Crippen molar-refractivity contribution in [1.29, 1.82) is 0 Å². The largest absolute Gasteiger partial charge is 0.481 e. The van der Waals surface area contributed by atoms with Gasteiger partial charge in [0.05, 0.1) is 6.42 Å². The number of hydrogen-bond acceptors (Lipinski definition) is 4. The van der Waals surface area contributed by atoms with Gasteiger partial charge in [0.1, 0.15) is 5.82 Å². The Morgan fingerprint density at radius 1 is 0.861 bits per heavy atom. The molecule has 0 saturated heterocycles. The van der Waals surface area contributed by atoms with Crippen LogP contribution in [0.5, 0.6) is 0 Å². The minimum absolute atomic E-state index is 0.195. The quantitative estimate of drug-likeness (QED) is 0.310. The van der Waals surface area contributed by atoms with E-state index in [1.54, 1.807) is 42.7 Å². The van der Waals surface area contributed by atoms with Crippen molar-refractivity contribution in [3.8, 4) is 11.1 Å². The third-order valence-corrected chi connectivity index (χ3v) is 5.84. The van der Waals surface area contributed by atoms with Gasteiger partial charge in [-0.25, -0.2) is 4.39 Å². The SMILES string of the molecule is NCc1cc(F)cc(-c2cc(CCc3ccncc3)cc(C(=O)Nc3ccccc3CC(=O)O)c2)c1. The van der Waals surface area contributed by atoms with Crippen LogP contribution in [0.3, 0.4) is 0 Å². The molecule has 3 aromatic carbocycles. The Morgan fingerprint density at radius 2 is 1.56 bits per heavy atom. The highest BCUT2D eigenvalue weighted by atomic mass is 19.1. The zero-order chi connectivity index (χ0) is 25.5. The molecule has 1 heterocycles. The molecule has 0 spiro atoms. The van der Waals surface area contributed by atoms with E-state index in [1.165, 1.54) is 12.1 Å². The maximum atomic E-state index is 14.3. The van der Waals surface area contributed by atoms with Crippen molar-refractivity contribution < 1.29 is 19.1 Å². The van der Waals surface area contributed by atoms with Gasteiger partial charge in [-0.1, -0.05) is 24.3 Å². The van der Waals surface area contributed by atoms with E-state index in [0.717, 1.165) is 17.5 Å². The fraction of sp³-hybridized carbons (Fsp3) is 0.138. The molecule has 7 heteroatoms. The number of carbonyl (C=O) groups excluding carboxylic acids is 1. The van der Waals surface area contributed by atoms with Gasteiger partial charge in [0.2, 0.25) is 0 Å². The summed E-state index contributed by atoms with van der Waals surface area (Å²) in [6, 6.07) is 20.8. The fourth-order valence-corrected chi connectivity index (χ4v) is 4.06. The normalized spacial score (nSPS) is 10.7. The van der Waals surface area contributed by atoms with E-state index in [4.69, 9.17) is 5.73 Å². The molecule has 0 aliphatic rings. The highest BCUT2D eigenvalue weighted by molar-refractivity contribution is 6.05. The molecular weight excluding hydrogens is 457 g/mol. The van der Waals surface area contributed by atoms with Crippen molar-refractivity contribution in [2.24, 2.45) is 5.73 Å². The second kappa shape index (κ2) is 11.4. The van der Waals surface area contributed by atoms with Gasteiger partial charge >= 0.3 is 5.97 Å². The maximum Gasteiger partial charge on any atom is 0.307 e. The standard InChI is InChI=1S/C29H26FN3O3/c30-26-14-21(18-31)13-24(16-26)23-11-20(6-5-19-7-9-32-10-8-19)12-25(15-23)29(36)33-27-4-2-1-3-22(27)17-28(34)35/h1-4,7-16H,5-6,17-18,31H2,(H,33,36)(H,34,35). The number of pyridine rings is 1. The predicted molar refractivity (Wildman–Crippen MR) is 137 cm³/mol. The molecule has 6 nitrogen and oxygen atoms in total. The number of aliphatic carboxylic acids is 1. The van der Waals surface area contributed by atoms with Crippen molar-refractivity contribution in [3.05, 3.63) is 119 Å². The summed E-state index contributed by atoms with van der Waals surface area (Å²) in [5.41, 5.74) is 11.1. The molecule has 0 fully saturated rings.